The van der Waals surface area contributed by atoms with E-state index in [2.05, 4.69) is 0 Å². The third kappa shape index (κ3) is 1350. The third-order valence-electron chi connectivity index (χ3n) is 0. The van der Waals surface area contributed by atoms with Gasteiger partial charge in [-0.15, -0.1) is 0 Å². The van der Waals surface area contributed by atoms with E-state index in [1.165, 1.54) is 0 Å². The Balaban J connectivity index is 0. The Morgan fingerprint density at radius 2 is 1.11 bits per heavy atom. The summed E-state index contributed by atoms with van der Waals surface area (Å²) in [5.41, 5.74) is 0. The van der Waals surface area contributed by atoms with Gasteiger partial charge in [-0.05, 0) is 0 Å². The topological polar surface area (TPSA) is 135 Å². The van der Waals surface area contributed by atoms with Gasteiger partial charge in [-0.2, -0.15) is 0 Å². The van der Waals surface area contributed by atoms with E-state index >= 15 is 0 Å². The zero-order valence-electron chi connectivity index (χ0n) is 4.00. The monoisotopic (exact) mass is 268 g/mol. The van der Waals surface area contributed by atoms with Crippen molar-refractivity contribution in [3.05, 3.63) is 0 Å². The molecule has 9 heavy (non-hydrogen) atoms. The molecule has 5 N–H and O–H groups in total. The van der Waals surface area contributed by atoms with Crippen molar-refractivity contribution in [1.82, 2.24) is 0 Å². The molecule has 0 fully saturated rings. The molecule has 0 aromatic rings. The zero-order chi connectivity index (χ0) is 8.08. The summed E-state index contributed by atoms with van der Waals surface area (Å²) in [7, 11) is 0. The van der Waals surface area contributed by atoms with Crippen LogP contribution >= 0.6 is 0 Å². The molecule has 58 valence electrons. The van der Waals surface area contributed by atoms with Crippen LogP contribution in [-0.4, -0.2) is 50.3 Å². The van der Waals surface area contributed by atoms with Crippen LogP contribution in [0.5, 0.6) is 0 Å². The molecular weight excluding hydrogens is 262 g/mol. The van der Waals surface area contributed by atoms with Gasteiger partial charge >= 0.3 is 57.7 Å². The van der Waals surface area contributed by atoms with Crippen molar-refractivity contribution in [2.45, 2.75) is 0 Å². The summed E-state index contributed by atoms with van der Waals surface area (Å²) in [5.74, 6) is 0. The van der Waals surface area contributed by atoms with Crippen LogP contribution in [0.25, 0.3) is 0 Å². The Morgan fingerprint density at radius 3 is 1.11 bits per heavy atom. The van der Waals surface area contributed by atoms with Gasteiger partial charge in [-0.25, -0.2) is 0 Å². The minimum atomic E-state index is -5.12. The molecule has 0 aliphatic carbocycles. The van der Waals surface area contributed by atoms with E-state index in [1.807, 2.05) is 0 Å². The Hall–Kier alpha value is 0.517. The fourth-order valence-corrected chi connectivity index (χ4v) is 0. The van der Waals surface area contributed by atoms with E-state index in [4.69, 9.17) is 28.0 Å². The second-order valence-electron chi connectivity index (χ2n) is 0.796. The Kier molecular flexibility index (Phi) is 7.21. The second kappa shape index (κ2) is 5.31. The fraction of sp³-hybridized carbons (Fsp3) is 0. The standard InChI is InChI=1S/AsH3O4.AsH3O3/c2-1(3,4)5;2-1(3)4/h(H3,2,3,4,5);1H,(H2,2,3,4). The van der Waals surface area contributed by atoms with Crippen LogP contribution in [0.1, 0.15) is 0 Å². The van der Waals surface area contributed by atoms with Gasteiger partial charge < -0.3 is 0 Å². The normalized spacial score (nSPS) is 10.4. The van der Waals surface area contributed by atoms with Crippen molar-refractivity contribution in [2.24, 2.45) is 0 Å². The van der Waals surface area contributed by atoms with Crippen LogP contribution in [0, 0.1) is 0 Å². The molecule has 0 saturated heterocycles. The van der Waals surface area contributed by atoms with Crippen LogP contribution in [0.3, 0.4) is 0 Å². The number of rotatable bonds is 0. The molecule has 0 aliphatic rings. The van der Waals surface area contributed by atoms with Crippen molar-refractivity contribution >= 4 is 29.8 Å². The summed E-state index contributed by atoms with van der Waals surface area (Å²) < 4.78 is 53.9. The summed E-state index contributed by atoms with van der Waals surface area (Å²) in [6.45, 7) is 0. The predicted octanol–water partition coefficient (Wildman–Crippen LogP) is -4.05. The number of hydrogen-bond acceptors (Lipinski definition) is 2. The van der Waals surface area contributed by atoms with Gasteiger partial charge in [-0.1, -0.05) is 0 Å². The summed E-state index contributed by atoms with van der Waals surface area (Å²) in [6.07, 6.45) is 0. The molecule has 0 aliphatic heterocycles. The predicted molar refractivity (Wildman–Crippen MR) is 25.4 cm³/mol. The van der Waals surface area contributed by atoms with Crippen LogP contribution in [0.2, 0.25) is 0 Å². The van der Waals surface area contributed by atoms with Crippen LogP contribution in [0.4, 0.5) is 0 Å². The van der Waals surface area contributed by atoms with E-state index in [0.717, 1.165) is 0 Å². The van der Waals surface area contributed by atoms with Crippen molar-refractivity contribution in [1.29, 1.82) is 0 Å². The fourth-order valence-electron chi connectivity index (χ4n) is 0. The molecule has 0 atom stereocenters. The molecule has 0 heterocycles. The van der Waals surface area contributed by atoms with Gasteiger partial charge in [-0.3, -0.25) is 0 Å². The molecule has 0 bridgehead atoms. The molecule has 0 radical (unpaired) electrons. The molecule has 0 amide bonds. The van der Waals surface area contributed by atoms with Crippen molar-refractivity contribution < 1.29 is 28.0 Å². The summed E-state index contributed by atoms with van der Waals surface area (Å²) in [6, 6.07) is 0. The zero-order valence-corrected chi connectivity index (χ0v) is 7.97. The first-order valence-electron chi connectivity index (χ1n) is 1.43. The average molecular weight is 268 g/mol. The molecule has 0 saturated carbocycles. The quantitative estimate of drug-likeness (QED) is 0.282. The van der Waals surface area contributed by atoms with E-state index in [9.17, 15) is 0 Å². The molecule has 0 aromatic heterocycles. The van der Waals surface area contributed by atoms with Gasteiger partial charge in [0.15, 0.2) is 0 Å². The minimum absolute atomic E-state index is 3.58. The van der Waals surface area contributed by atoms with Crippen LogP contribution < -0.4 is 0 Å². The van der Waals surface area contributed by atoms with Gasteiger partial charge in [0, 0.05) is 0 Å². The van der Waals surface area contributed by atoms with Crippen LogP contribution in [0.15, 0.2) is 0 Å². The average Bonchev–Trinajstić information content (AvgIpc) is 1.19. The van der Waals surface area contributed by atoms with Gasteiger partial charge in [0.25, 0.3) is 0 Å². The van der Waals surface area contributed by atoms with E-state index in [-0.39, 0.29) is 0 Å². The third-order valence-corrected chi connectivity index (χ3v) is 0. The number of hydrogen-bond donors (Lipinski definition) is 5. The summed E-state index contributed by atoms with van der Waals surface area (Å²) in [4.78, 5) is 0. The van der Waals surface area contributed by atoms with E-state index < -0.39 is 29.8 Å². The van der Waals surface area contributed by atoms with Crippen LogP contribution in [-0.2, 0) is 7.48 Å². The summed E-state index contributed by atoms with van der Waals surface area (Å²) in [5, 5.41) is 0. The van der Waals surface area contributed by atoms with Gasteiger partial charge in [0.1, 0.15) is 0 Å². The molecule has 0 aromatic carbocycles. The molecule has 7 nitrogen and oxygen atoms in total. The maximum absolute atomic E-state index is 8.94. The Bertz CT molecular complexity index is 107. The first kappa shape index (κ1) is 12.2. The first-order valence-corrected chi connectivity index (χ1v) is 7.45. The molecule has 0 rings (SSSR count). The van der Waals surface area contributed by atoms with Crippen molar-refractivity contribution in [3.8, 4) is 0 Å². The summed E-state index contributed by atoms with van der Waals surface area (Å²) >= 11 is -8.71. The van der Waals surface area contributed by atoms with Crippen molar-refractivity contribution in [3.63, 3.8) is 0 Å². The molecule has 0 unspecified atom stereocenters. The SMILES string of the molecule is O=[AsH](O)O.O=[As](O)(O)O. The van der Waals surface area contributed by atoms with Gasteiger partial charge in [0.2, 0.25) is 0 Å². The Morgan fingerprint density at radius 1 is 1.11 bits per heavy atom. The molecule has 0 spiro atoms. The first-order chi connectivity index (χ1) is 3.73. The Labute approximate surface area is 58.1 Å². The second-order valence-corrected chi connectivity index (χ2v) is 4.14. The molecular formula is H6As2O7. The maximum atomic E-state index is 8.94. The van der Waals surface area contributed by atoms with E-state index in [1.54, 1.807) is 0 Å². The van der Waals surface area contributed by atoms with Crippen molar-refractivity contribution in [2.75, 3.05) is 0 Å². The molecule has 9 heteroatoms. The van der Waals surface area contributed by atoms with E-state index in [0.29, 0.717) is 0 Å². The van der Waals surface area contributed by atoms with Gasteiger partial charge in [0.05, 0.1) is 0 Å².